The van der Waals surface area contributed by atoms with Crippen LogP contribution in [0.25, 0.3) is 0 Å². The number of hydrogen-bond donors (Lipinski definition) is 1. The molecule has 1 atom stereocenters. The van der Waals surface area contributed by atoms with E-state index in [4.69, 9.17) is 4.74 Å². The fourth-order valence-electron chi connectivity index (χ4n) is 2.63. The molecule has 2 rings (SSSR count). The Bertz CT molecular complexity index is 659. The molecule has 0 unspecified atom stereocenters. The van der Waals surface area contributed by atoms with E-state index in [1.807, 2.05) is 0 Å². The van der Waals surface area contributed by atoms with Crippen molar-refractivity contribution in [3.05, 3.63) is 27.8 Å². The van der Waals surface area contributed by atoms with Gasteiger partial charge in [0.25, 0.3) is 5.91 Å². The molecule has 0 spiro atoms. The quantitative estimate of drug-likeness (QED) is 0.500. The van der Waals surface area contributed by atoms with Crippen molar-refractivity contribution in [3.63, 3.8) is 0 Å². The third-order valence-electron chi connectivity index (χ3n) is 3.73. The number of esters is 1. The number of nitro benzene ring substituents is 1. The lowest BCUT2D eigenvalue weighted by atomic mass is 10.1. The summed E-state index contributed by atoms with van der Waals surface area (Å²) < 4.78 is 9.47. The van der Waals surface area contributed by atoms with Gasteiger partial charge in [0.2, 0.25) is 5.75 Å². The molecule has 1 aromatic carbocycles. The SMILES string of the molecule is COC(=O)[C@@H]1CCCN1C(=O)c1ccc(OC)c(O)c1[N+](=O)[O-]. The van der Waals surface area contributed by atoms with Crippen LogP contribution in [0.3, 0.4) is 0 Å². The van der Waals surface area contributed by atoms with E-state index in [0.29, 0.717) is 12.8 Å². The number of nitro groups is 1. The number of rotatable bonds is 4. The predicted octanol–water partition coefficient (Wildman–Crippen LogP) is 1.09. The van der Waals surface area contributed by atoms with Crippen LogP contribution < -0.4 is 4.74 Å². The number of carbonyl (C=O) groups is 2. The van der Waals surface area contributed by atoms with Gasteiger partial charge >= 0.3 is 11.7 Å². The van der Waals surface area contributed by atoms with Gasteiger partial charge in [-0.25, -0.2) is 4.79 Å². The summed E-state index contributed by atoms with van der Waals surface area (Å²) in [6.45, 7) is 0.280. The molecule has 1 heterocycles. The van der Waals surface area contributed by atoms with Crippen molar-refractivity contribution in [3.8, 4) is 11.5 Å². The predicted molar refractivity (Wildman–Crippen MR) is 77.4 cm³/mol. The largest absolute Gasteiger partial charge is 0.499 e. The Morgan fingerprint density at radius 3 is 2.65 bits per heavy atom. The first-order valence-electron chi connectivity index (χ1n) is 6.85. The molecule has 0 bridgehead atoms. The lowest BCUT2D eigenvalue weighted by Gasteiger charge is -2.22. The molecule has 0 saturated carbocycles. The maximum atomic E-state index is 12.6. The summed E-state index contributed by atoms with van der Waals surface area (Å²) >= 11 is 0. The summed E-state index contributed by atoms with van der Waals surface area (Å²) in [5.41, 5.74) is -1.05. The van der Waals surface area contributed by atoms with Crippen LogP contribution >= 0.6 is 0 Å². The average Bonchev–Trinajstić information content (AvgIpc) is 3.02. The Labute approximate surface area is 131 Å². The number of phenols is 1. The van der Waals surface area contributed by atoms with Crippen molar-refractivity contribution < 1.29 is 29.1 Å². The van der Waals surface area contributed by atoms with Gasteiger partial charge in [0.15, 0.2) is 5.75 Å². The zero-order valence-electron chi connectivity index (χ0n) is 12.6. The summed E-state index contributed by atoms with van der Waals surface area (Å²) in [6.07, 6.45) is 1.01. The molecule has 23 heavy (non-hydrogen) atoms. The first-order valence-corrected chi connectivity index (χ1v) is 6.85. The van der Waals surface area contributed by atoms with Gasteiger partial charge in [-0.05, 0) is 25.0 Å². The molecule has 1 aliphatic heterocycles. The molecule has 1 aliphatic rings. The second kappa shape index (κ2) is 6.51. The highest BCUT2D eigenvalue weighted by Gasteiger charge is 2.38. The van der Waals surface area contributed by atoms with Gasteiger partial charge in [0.1, 0.15) is 11.6 Å². The van der Waals surface area contributed by atoms with Crippen LogP contribution in [0, 0.1) is 10.1 Å². The molecule has 0 aromatic heterocycles. The van der Waals surface area contributed by atoms with Crippen molar-refractivity contribution in [2.45, 2.75) is 18.9 Å². The third-order valence-corrected chi connectivity index (χ3v) is 3.73. The maximum Gasteiger partial charge on any atom is 0.328 e. The maximum absolute atomic E-state index is 12.6. The smallest absolute Gasteiger partial charge is 0.328 e. The molecule has 9 nitrogen and oxygen atoms in total. The molecule has 0 radical (unpaired) electrons. The van der Waals surface area contributed by atoms with Crippen molar-refractivity contribution in [2.24, 2.45) is 0 Å². The van der Waals surface area contributed by atoms with Gasteiger partial charge in [-0.1, -0.05) is 0 Å². The zero-order chi connectivity index (χ0) is 17.1. The number of likely N-dealkylation sites (tertiary alicyclic amines) is 1. The lowest BCUT2D eigenvalue weighted by Crippen LogP contribution is -2.41. The summed E-state index contributed by atoms with van der Waals surface area (Å²) in [4.78, 5) is 35.9. The summed E-state index contributed by atoms with van der Waals surface area (Å²) in [6, 6.07) is 1.68. The average molecular weight is 324 g/mol. The minimum absolute atomic E-state index is 0.112. The van der Waals surface area contributed by atoms with Crippen molar-refractivity contribution >= 4 is 17.6 Å². The molecule has 124 valence electrons. The van der Waals surface area contributed by atoms with E-state index in [2.05, 4.69) is 4.74 Å². The van der Waals surface area contributed by atoms with Crippen molar-refractivity contribution in [1.29, 1.82) is 0 Å². The van der Waals surface area contributed by atoms with Crippen molar-refractivity contribution in [1.82, 2.24) is 4.90 Å². The Kier molecular flexibility index (Phi) is 4.68. The van der Waals surface area contributed by atoms with E-state index in [0.717, 1.165) is 0 Å². The van der Waals surface area contributed by atoms with Crippen LogP contribution in [0.1, 0.15) is 23.2 Å². The first kappa shape index (κ1) is 16.5. The third kappa shape index (κ3) is 2.89. The van der Waals surface area contributed by atoms with E-state index < -0.39 is 34.3 Å². The van der Waals surface area contributed by atoms with Crippen LogP contribution in [-0.4, -0.2) is 53.6 Å². The van der Waals surface area contributed by atoms with Gasteiger partial charge < -0.3 is 19.5 Å². The Morgan fingerprint density at radius 1 is 1.39 bits per heavy atom. The Morgan fingerprint density at radius 2 is 2.09 bits per heavy atom. The van der Waals surface area contributed by atoms with Crippen LogP contribution in [0.5, 0.6) is 11.5 Å². The van der Waals surface area contributed by atoms with E-state index in [1.54, 1.807) is 0 Å². The number of aromatic hydroxyl groups is 1. The van der Waals surface area contributed by atoms with E-state index >= 15 is 0 Å². The topological polar surface area (TPSA) is 119 Å². The number of phenolic OH excluding ortho intramolecular Hbond substituents is 1. The number of benzene rings is 1. The second-order valence-electron chi connectivity index (χ2n) is 4.95. The van der Waals surface area contributed by atoms with Crippen molar-refractivity contribution in [2.75, 3.05) is 20.8 Å². The number of nitrogens with zero attached hydrogens (tertiary/aromatic N) is 2. The number of amides is 1. The van der Waals surface area contributed by atoms with Gasteiger partial charge in [-0.15, -0.1) is 0 Å². The highest BCUT2D eigenvalue weighted by Crippen LogP contribution is 2.39. The first-order chi connectivity index (χ1) is 10.9. The summed E-state index contributed by atoms with van der Waals surface area (Å²) in [7, 11) is 2.46. The second-order valence-corrected chi connectivity index (χ2v) is 4.95. The molecule has 1 amide bonds. The normalized spacial score (nSPS) is 17.0. The molecule has 0 aliphatic carbocycles. The van der Waals surface area contributed by atoms with Crippen LogP contribution in [-0.2, 0) is 9.53 Å². The summed E-state index contributed by atoms with van der Waals surface area (Å²) in [5, 5.41) is 21.2. The highest BCUT2D eigenvalue weighted by molar-refractivity contribution is 6.01. The van der Waals surface area contributed by atoms with Gasteiger partial charge in [-0.2, -0.15) is 0 Å². The monoisotopic (exact) mass is 324 g/mol. The molecule has 1 aromatic rings. The van der Waals surface area contributed by atoms with E-state index in [1.165, 1.54) is 31.3 Å². The van der Waals surface area contributed by atoms with Gasteiger partial charge in [0, 0.05) is 6.54 Å². The lowest BCUT2D eigenvalue weighted by molar-refractivity contribution is -0.386. The highest BCUT2D eigenvalue weighted by atomic mass is 16.6. The number of ether oxygens (including phenoxy) is 2. The minimum atomic E-state index is -0.853. The molecule has 1 N–H and O–H groups in total. The fourth-order valence-corrected chi connectivity index (χ4v) is 2.63. The number of carbonyl (C=O) groups excluding carboxylic acids is 2. The standard InChI is InChI=1S/C14H16N2O7/c1-22-10-6-5-8(11(12(10)17)16(20)21)13(18)15-7-3-4-9(15)14(19)23-2/h5-6,9,17H,3-4,7H2,1-2H3/t9-/m0/s1. The van der Waals surface area contributed by atoms with E-state index in [-0.39, 0.29) is 17.9 Å². The molecular weight excluding hydrogens is 308 g/mol. The van der Waals surface area contributed by atoms with Crippen LogP contribution in [0.15, 0.2) is 12.1 Å². The molecule has 1 fully saturated rings. The number of methoxy groups -OCH3 is 2. The molecule has 1 saturated heterocycles. The van der Waals surface area contributed by atoms with E-state index in [9.17, 15) is 24.8 Å². The Hall–Kier alpha value is -2.84. The number of hydrogen-bond acceptors (Lipinski definition) is 7. The Balaban J connectivity index is 2.45. The van der Waals surface area contributed by atoms with Gasteiger partial charge in [0.05, 0.1) is 19.1 Å². The van der Waals surface area contributed by atoms with Gasteiger partial charge in [-0.3, -0.25) is 14.9 Å². The van der Waals surface area contributed by atoms with Crippen LogP contribution in [0.2, 0.25) is 0 Å². The van der Waals surface area contributed by atoms with Crippen LogP contribution in [0.4, 0.5) is 5.69 Å². The fraction of sp³-hybridized carbons (Fsp3) is 0.429. The molecule has 9 heteroatoms. The molecular formula is C14H16N2O7. The minimum Gasteiger partial charge on any atom is -0.499 e. The summed E-state index contributed by atoms with van der Waals surface area (Å²) in [5.74, 6) is -2.12. The zero-order valence-corrected chi connectivity index (χ0v) is 12.6.